The molecule has 0 bridgehead atoms. The molecule has 4 atom stereocenters. The number of carbonyl (C=O) groups excluding carboxylic acids is 3. The fourth-order valence-corrected chi connectivity index (χ4v) is 4.41. The molecule has 2 amide bonds. The van der Waals surface area contributed by atoms with Gasteiger partial charge in [0.25, 0.3) is 5.91 Å². The number of hydrogen-bond donors (Lipinski definition) is 1. The number of nitrogens with zero attached hydrogens (tertiary/aromatic N) is 3. The number of amides is 2. The van der Waals surface area contributed by atoms with Gasteiger partial charge in [-0.2, -0.15) is 0 Å². The molecule has 2 fully saturated rings. The Morgan fingerprint density at radius 3 is 2.65 bits per heavy atom. The lowest BCUT2D eigenvalue weighted by atomic mass is 10.0. The van der Waals surface area contributed by atoms with Crippen LogP contribution in [0.25, 0.3) is 12.2 Å². The summed E-state index contributed by atoms with van der Waals surface area (Å²) >= 11 is 0. The average Bonchev–Trinajstić information content (AvgIpc) is 3.49. The van der Waals surface area contributed by atoms with Gasteiger partial charge in [-0.25, -0.2) is 9.37 Å². The molecule has 1 aromatic heterocycles. The van der Waals surface area contributed by atoms with Crippen molar-refractivity contribution in [3.8, 4) is 0 Å². The number of aryl methyl sites for hydroxylation is 1. The zero-order valence-electron chi connectivity index (χ0n) is 19.5. The van der Waals surface area contributed by atoms with Gasteiger partial charge in [-0.05, 0) is 36.1 Å². The van der Waals surface area contributed by atoms with Crippen molar-refractivity contribution >= 4 is 29.7 Å². The molecule has 0 spiro atoms. The number of likely N-dealkylation sites (tertiary alicyclic amines) is 1. The first kappa shape index (κ1) is 23.8. The van der Waals surface area contributed by atoms with Crippen LogP contribution in [-0.2, 0) is 21.4 Å². The molecule has 1 unspecified atom stereocenters. The Bertz CT molecular complexity index is 1090. The summed E-state index contributed by atoms with van der Waals surface area (Å²) in [6, 6.07) is 5.19. The van der Waals surface area contributed by atoms with Gasteiger partial charge in [0.1, 0.15) is 36.8 Å². The molecule has 8 nitrogen and oxygen atoms in total. The predicted octanol–water partition coefficient (Wildman–Crippen LogP) is 2.25. The lowest BCUT2D eigenvalue weighted by molar-refractivity contribution is -0.138. The minimum absolute atomic E-state index is 0.1000. The highest BCUT2D eigenvalue weighted by Gasteiger charge is 2.53. The van der Waals surface area contributed by atoms with Gasteiger partial charge in [0.05, 0.1) is 6.54 Å². The molecule has 2 saturated heterocycles. The molecule has 0 aliphatic carbocycles. The number of halogens is 1. The summed E-state index contributed by atoms with van der Waals surface area (Å²) < 4.78 is 21.5. The van der Waals surface area contributed by atoms with Crippen LogP contribution >= 0.6 is 0 Å². The Labute approximate surface area is 197 Å². The second kappa shape index (κ2) is 9.89. The van der Waals surface area contributed by atoms with E-state index in [2.05, 4.69) is 10.3 Å². The van der Waals surface area contributed by atoms with Crippen LogP contribution in [0.2, 0.25) is 0 Å². The van der Waals surface area contributed by atoms with Crippen LogP contribution in [0.15, 0.2) is 36.7 Å². The van der Waals surface area contributed by atoms with E-state index in [1.165, 1.54) is 4.90 Å². The number of hydrogen-bond acceptors (Lipinski definition) is 5. The van der Waals surface area contributed by atoms with Crippen LogP contribution in [0.1, 0.15) is 42.0 Å². The topological polar surface area (TPSA) is 93.5 Å². The molecular formula is C25H29FN4O4. The molecule has 0 radical (unpaired) electrons. The van der Waals surface area contributed by atoms with Crippen LogP contribution in [-0.4, -0.2) is 69.6 Å². The van der Waals surface area contributed by atoms with Crippen LogP contribution < -0.4 is 5.32 Å². The van der Waals surface area contributed by atoms with Crippen molar-refractivity contribution in [2.75, 3.05) is 13.2 Å². The minimum atomic E-state index is -1.41. The van der Waals surface area contributed by atoms with Crippen molar-refractivity contribution in [2.24, 2.45) is 13.0 Å². The smallest absolute Gasteiger partial charge is 0.251 e. The molecule has 2 aliphatic heterocycles. The highest BCUT2D eigenvalue weighted by atomic mass is 19.1. The maximum atomic E-state index is 14.4. The summed E-state index contributed by atoms with van der Waals surface area (Å²) in [5.41, 5.74) is 1.30. The third-order valence-electron chi connectivity index (χ3n) is 6.17. The third-order valence-corrected chi connectivity index (χ3v) is 6.17. The Morgan fingerprint density at radius 2 is 2.00 bits per heavy atom. The lowest BCUT2D eigenvalue weighted by Crippen LogP contribution is -2.52. The standard InChI is InChI=1S/C25H29FN4O4/c1-15(2)12-19(25(33)30-13-18(26)23-22(30)20(31)14-34-23)28-24(32)17-7-4-16(5-8-17)6-9-21-27-10-11-29(21)3/h4-11,15,18-19,22-23H,12-14H2,1-3H3,(H,28,32)/b9-6+/t18?,19-,22+,23+/m0/s1. The summed E-state index contributed by atoms with van der Waals surface area (Å²) in [6.45, 7) is 3.47. The number of rotatable bonds is 7. The maximum absolute atomic E-state index is 14.4. The van der Waals surface area contributed by atoms with Gasteiger partial charge in [-0.15, -0.1) is 0 Å². The van der Waals surface area contributed by atoms with Crippen LogP contribution in [0, 0.1) is 5.92 Å². The molecule has 0 saturated carbocycles. The van der Waals surface area contributed by atoms with Crippen molar-refractivity contribution in [1.29, 1.82) is 0 Å². The first-order chi connectivity index (χ1) is 16.2. The number of carbonyl (C=O) groups is 3. The largest absolute Gasteiger partial charge is 0.365 e. The van der Waals surface area contributed by atoms with E-state index in [-0.39, 0.29) is 24.9 Å². The Hall–Kier alpha value is -3.33. The SMILES string of the molecule is CC(C)C[C@H](NC(=O)c1ccc(/C=C/c2nccn2C)cc1)C(=O)N1CC(F)[C@H]2OCC(=O)[C@H]21. The van der Waals surface area contributed by atoms with Gasteiger partial charge in [0.15, 0.2) is 5.78 Å². The van der Waals surface area contributed by atoms with Crippen LogP contribution in [0.4, 0.5) is 4.39 Å². The Balaban J connectivity index is 1.45. The second-order valence-corrected chi connectivity index (χ2v) is 9.20. The van der Waals surface area contributed by atoms with Crippen LogP contribution in [0.5, 0.6) is 0 Å². The summed E-state index contributed by atoms with van der Waals surface area (Å²) in [6.07, 6.45) is 5.38. The van der Waals surface area contributed by atoms with E-state index in [1.54, 1.807) is 30.5 Å². The van der Waals surface area contributed by atoms with Gasteiger partial charge in [0, 0.05) is 25.0 Å². The van der Waals surface area contributed by atoms with Gasteiger partial charge >= 0.3 is 0 Å². The molecule has 2 aliphatic rings. The van der Waals surface area contributed by atoms with Crippen molar-refractivity contribution < 1.29 is 23.5 Å². The molecule has 1 N–H and O–H groups in total. The normalized spacial score (nSPS) is 23.0. The molecule has 2 aromatic rings. The number of Topliss-reactive ketones (excluding diaryl/α,β-unsaturated/α-hetero) is 1. The van der Waals surface area contributed by atoms with E-state index in [4.69, 9.17) is 4.74 Å². The van der Waals surface area contributed by atoms with Gasteiger partial charge in [0.2, 0.25) is 5.91 Å². The number of nitrogens with one attached hydrogen (secondary N) is 1. The van der Waals surface area contributed by atoms with E-state index in [9.17, 15) is 18.8 Å². The van der Waals surface area contributed by atoms with Crippen molar-refractivity contribution in [3.05, 3.63) is 53.6 Å². The lowest BCUT2D eigenvalue weighted by Gasteiger charge is -2.28. The molecule has 3 heterocycles. The van der Waals surface area contributed by atoms with Crippen molar-refractivity contribution in [3.63, 3.8) is 0 Å². The highest BCUT2D eigenvalue weighted by molar-refractivity contribution is 5.99. The Morgan fingerprint density at radius 1 is 1.26 bits per heavy atom. The second-order valence-electron chi connectivity index (χ2n) is 9.20. The summed E-state index contributed by atoms with van der Waals surface area (Å²) in [5, 5.41) is 2.80. The van der Waals surface area contributed by atoms with Gasteiger partial charge < -0.3 is 19.5 Å². The molecule has 34 heavy (non-hydrogen) atoms. The highest BCUT2D eigenvalue weighted by Crippen LogP contribution is 2.30. The van der Waals surface area contributed by atoms with Gasteiger partial charge in [-0.3, -0.25) is 14.4 Å². The number of imidazole rings is 1. The molecule has 9 heteroatoms. The molecule has 4 rings (SSSR count). The van der Waals surface area contributed by atoms with E-state index >= 15 is 0 Å². The number of aromatic nitrogens is 2. The number of benzene rings is 1. The summed E-state index contributed by atoms with van der Waals surface area (Å²) in [4.78, 5) is 43.9. The number of ketones is 1. The monoisotopic (exact) mass is 468 g/mol. The van der Waals surface area contributed by atoms with E-state index < -0.39 is 36.2 Å². The molecular weight excluding hydrogens is 439 g/mol. The van der Waals surface area contributed by atoms with E-state index in [0.717, 1.165) is 11.4 Å². The summed E-state index contributed by atoms with van der Waals surface area (Å²) in [7, 11) is 1.90. The number of fused-ring (bicyclic) bond motifs is 1. The van der Waals surface area contributed by atoms with Crippen molar-refractivity contribution in [2.45, 2.75) is 44.6 Å². The molecule has 1 aromatic carbocycles. The zero-order valence-corrected chi connectivity index (χ0v) is 19.5. The first-order valence-electron chi connectivity index (χ1n) is 11.4. The molecule has 180 valence electrons. The minimum Gasteiger partial charge on any atom is -0.365 e. The predicted molar refractivity (Wildman–Crippen MR) is 124 cm³/mol. The maximum Gasteiger partial charge on any atom is 0.251 e. The fourth-order valence-electron chi connectivity index (χ4n) is 4.41. The first-order valence-corrected chi connectivity index (χ1v) is 11.4. The zero-order chi connectivity index (χ0) is 24.4. The number of ether oxygens (including phenoxy) is 1. The van der Waals surface area contributed by atoms with Crippen molar-refractivity contribution in [1.82, 2.24) is 19.8 Å². The third kappa shape index (κ3) is 4.94. The van der Waals surface area contributed by atoms with Gasteiger partial charge in [-0.1, -0.05) is 32.1 Å². The Kier molecular flexibility index (Phi) is 6.92. The quantitative estimate of drug-likeness (QED) is 0.673. The summed E-state index contributed by atoms with van der Waals surface area (Å²) in [5.74, 6) is -0.251. The number of alkyl halides is 1. The van der Waals surface area contributed by atoms with E-state index in [1.807, 2.05) is 43.8 Å². The fraction of sp³-hybridized carbons (Fsp3) is 0.440. The van der Waals surface area contributed by atoms with E-state index in [0.29, 0.717) is 12.0 Å². The average molecular weight is 469 g/mol. The van der Waals surface area contributed by atoms with Crippen LogP contribution in [0.3, 0.4) is 0 Å².